The van der Waals surface area contributed by atoms with Gasteiger partial charge in [-0.15, -0.1) is 0 Å². The lowest BCUT2D eigenvalue weighted by Crippen LogP contribution is -2.44. The van der Waals surface area contributed by atoms with E-state index in [1.165, 1.54) is 5.56 Å². The monoisotopic (exact) mass is 486 g/mol. The standard InChI is InChI=1S/C28H30N4O4/c1-3-17-15-34-16-22-18(17)10-24-27-21(14-32(24)28(22)33)20(13-31-6-4-30(2)5-7-31)19-11-25-26(12-23(19)29-27)36-9-8-35-25/h10-12,15H,3-9,13-14,16H2,1-2H3. The van der Waals surface area contributed by atoms with Crippen LogP contribution in [0, 0.1) is 0 Å². The summed E-state index contributed by atoms with van der Waals surface area (Å²) in [7, 11) is 2.17. The summed E-state index contributed by atoms with van der Waals surface area (Å²) in [6.07, 6.45) is 2.61. The highest BCUT2D eigenvalue weighted by atomic mass is 16.6. The molecule has 2 aromatic heterocycles. The maximum atomic E-state index is 13.6. The van der Waals surface area contributed by atoms with Gasteiger partial charge in [-0.05, 0) is 42.3 Å². The molecule has 0 unspecified atom stereocenters. The van der Waals surface area contributed by atoms with E-state index in [0.717, 1.165) is 95.2 Å². The molecule has 0 aliphatic carbocycles. The minimum Gasteiger partial charge on any atom is -0.496 e. The summed E-state index contributed by atoms with van der Waals surface area (Å²) >= 11 is 0. The molecule has 8 heteroatoms. The largest absolute Gasteiger partial charge is 0.496 e. The van der Waals surface area contributed by atoms with Crippen LogP contribution < -0.4 is 15.0 Å². The van der Waals surface area contributed by atoms with Crippen molar-refractivity contribution in [2.24, 2.45) is 0 Å². The first-order valence-corrected chi connectivity index (χ1v) is 12.8. The van der Waals surface area contributed by atoms with Gasteiger partial charge in [0.25, 0.3) is 5.56 Å². The second kappa shape index (κ2) is 8.35. The molecule has 186 valence electrons. The van der Waals surface area contributed by atoms with E-state index in [1.807, 2.05) is 10.6 Å². The number of allylic oxidation sites excluding steroid dienone is 1. The van der Waals surface area contributed by atoms with Crippen LogP contribution >= 0.6 is 0 Å². The van der Waals surface area contributed by atoms with Crippen molar-refractivity contribution in [3.63, 3.8) is 0 Å². The number of pyridine rings is 2. The fraction of sp³-hybridized carbons (Fsp3) is 0.429. The number of fused-ring (bicyclic) bond motifs is 6. The van der Waals surface area contributed by atoms with Crippen molar-refractivity contribution in [3.8, 4) is 22.9 Å². The summed E-state index contributed by atoms with van der Waals surface area (Å²) in [6, 6.07) is 6.24. The molecule has 0 atom stereocenters. The Labute approximate surface area is 209 Å². The first-order valence-electron chi connectivity index (χ1n) is 12.8. The van der Waals surface area contributed by atoms with Crippen LogP contribution in [0.5, 0.6) is 11.5 Å². The number of benzene rings is 1. The third kappa shape index (κ3) is 3.35. The molecule has 36 heavy (non-hydrogen) atoms. The zero-order valence-electron chi connectivity index (χ0n) is 20.8. The molecule has 0 N–H and O–H groups in total. The number of aromatic nitrogens is 2. The van der Waals surface area contributed by atoms with Gasteiger partial charge in [-0.3, -0.25) is 9.69 Å². The quantitative estimate of drug-likeness (QED) is 0.440. The first kappa shape index (κ1) is 21.9. The summed E-state index contributed by atoms with van der Waals surface area (Å²) in [5, 5.41) is 1.08. The van der Waals surface area contributed by atoms with Crippen LogP contribution in [0.4, 0.5) is 0 Å². The molecule has 4 aliphatic heterocycles. The Morgan fingerprint density at radius 3 is 2.56 bits per heavy atom. The predicted molar refractivity (Wildman–Crippen MR) is 137 cm³/mol. The van der Waals surface area contributed by atoms with Crippen molar-refractivity contribution in [1.29, 1.82) is 0 Å². The zero-order chi connectivity index (χ0) is 24.4. The van der Waals surface area contributed by atoms with Gasteiger partial charge >= 0.3 is 0 Å². The predicted octanol–water partition coefficient (Wildman–Crippen LogP) is 3.22. The van der Waals surface area contributed by atoms with Gasteiger partial charge in [0.05, 0.1) is 35.3 Å². The van der Waals surface area contributed by atoms with E-state index < -0.39 is 0 Å². The molecule has 1 saturated heterocycles. The van der Waals surface area contributed by atoms with Crippen LogP contribution in [0.3, 0.4) is 0 Å². The molecule has 0 spiro atoms. The number of piperazine rings is 1. The lowest BCUT2D eigenvalue weighted by atomic mass is 9.96. The molecule has 4 aliphatic rings. The molecular formula is C28H30N4O4. The van der Waals surface area contributed by atoms with Gasteiger partial charge in [0.1, 0.15) is 19.8 Å². The fourth-order valence-corrected chi connectivity index (χ4v) is 5.89. The Morgan fingerprint density at radius 1 is 1.00 bits per heavy atom. The minimum atomic E-state index is 0.0279. The van der Waals surface area contributed by atoms with Gasteiger partial charge in [-0.1, -0.05) is 6.92 Å². The molecule has 0 bridgehead atoms. The number of likely N-dealkylation sites (N-methyl/N-ethyl adjacent to an activating group) is 1. The van der Waals surface area contributed by atoms with E-state index in [1.54, 1.807) is 6.26 Å². The summed E-state index contributed by atoms with van der Waals surface area (Å²) in [5.41, 5.74) is 7.89. The Kier molecular flexibility index (Phi) is 5.08. The number of rotatable bonds is 3. The van der Waals surface area contributed by atoms with Crippen molar-refractivity contribution < 1.29 is 14.2 Å². The summed E-state index contributed by atoms with van der Waals surface area (Å²) in [6.45, 7) is 8.98. The normalized spacial score (nSPS) is 18.9. The number of nitrogens with zero attached hydrogens (tertiary/aromatic N) is 4. The zero-order valence-corrected chi connectivity index (χ0v) is 20.8. The van der Waals surface area contributed by atoms with Crippen LogP contribution in [-0.2, 0) is 24.4 Å². The highest BCUT2D eigenvalue weighted by molar-refractivity contribution is 5.91. The maximum absolute atomic E-state index is 13.6. The summed E-state index contributed by atoms with van der Waals surface area (Å²) in [4.78, 5) is 23.7. The van der Waals surface area contributed by atoms with Gasteiger partial charge in [-0.25, -0.2) is 4.98 Å². The van der Waals surface area contributed by atoms with E-state index in [4.69, 9.17) is 19.2 Å². The molecule has 1 aromatic carbocycles. The average Bonchev–Trinajstić information content (AvgIpc) is 3.27. The van der Waals surface area contributed by atoms with Gasteiger partial charge in [0, 0.05) is 49.7 Å². The molecule has 1 fully saturated rings. The van der Waals surface area contributed by atoms with E-state index >= 15 is 0 Å². The topological polar surface area (TPSA) is 69.1 Å². The van der Waals surface area contributed by atoms with Crippen LogP contribution in [0.1, 0.15) is 35.6 Å². The van der Waals surface area contributed by atoms with Gasteiger partial charge in [-0.2, -0.15) is 0 Å². The molecule has 0 amide bonds. The molecule has 8 nitrogen and oxygen atoms in total. The molecule has 0 saturated carbocycles. The van der Waals surface area contributed by atoms with Gasteiger partial charge in [0.2, 0.25) is 0 Å². The second-order valence-electron chi connectivity index (χ2n) is 10.1. The molecule has 7 rings (SSSR count). The van der Waals surface area contributed by atoms with Crippen LogP contribution in [0.15, 0.2) is 29.3 Å². The Bertz CT molecular complexity index is 1480. The molecular weight excluding hydrogens is 456 g/mol. The highest BCUT2D eigenvalue weighted by Crippen LogP contribution is 2.42. The van der Waals surface area contributed by atoms with E-state index in [9.17, 15) is 4.79 Å². The molecule has 6 heterocycles. The summed E-state index contributed by atoms with van der Waals surface area (Å²) in [5.74, 6) is 1.51. The van der Waals surface area contributed by atoms with E-state index in [2.05, 4.69) is 35.9 Å². The lowest BCUT2D eigenvalue weighted by molar-refractivity contribution is 0.148. The second-order valence-corrected chi connectivity index (χ2v) is 10.1. The lowest BCUT2D eigenvalue weighted by Gasteiger charge is -2.33. The Hall–Kier alpha value is -3.36. The number of hydrogen-bond acceptors (Lipinski definition) is 7. The summed E-state index contributed by atoms with van der Waals surface area (Å²) < 4.78 is 19.3. The van der Waals surface area contributed by atoms with Crippen LogP contribution in [-0.4, -0.2) is 65.8 Å². The van der Waals surface area contributed by atoms with E-state index in [0.29, 0.717) is 26.4 Å². The first-order chi connectivity index (χ1) is 17.6. The number of ether oxygens (including phenoxy) is 3. The third-order valence-corrected chi connectivity index (χ3v) is 7.98. The SMILES string of the molecule is CCC1=COCc2c1cc1n(c2=O)Cc2c-1nc1cc3c(cc1c2CN1CCN(C)CC1)OCCO3. The van der Waals surface area contributed by atoms with Crippen molar-refractivity contribution in [2.45, 2.75) is 33.0 Å². The maximum Gasteiger partial charge on any atom is 0.258 e. The van der Waals surface area contributed by atoms with Crippen LogP contribution in [0.2, 0.25) is 0 Å². The molecule has 0 radical (unpaired) electrons. The Balaban J connectivity index is 1.43. The number of hydrogen-bond donors (Lipinski definition) is 0. The van der Waals surface area contributed by atoms with Crippen molar-refractivity contribution >= 4 is 16.5 Å². The van der Waals surface area contributed by atoms with E-state index in [-0.39, 0.29) is 5.56 Å². The van der Waals surface area contributed by atoms with Crippen molar-refractivity contribution in [1.82, 2.24) is 19.4 Å². The fourth-order valence-electron chi connectivity index (χ4n) is 5.89. The van der Waals surface area contributed by atoms with Crippen LogP contribution in [0.25, 0.3) is 27.9 Å². The highest BCUT2D eigenvalue weighted by Gasteiger charge is 2.31. The average molecular weight is 487 g/mol. The minimum absolute atomic E-state index is 0.0279. The van der Waals surface area contributed by atoms with Crippen molar-refractivity contribution in [3.05, 3.63) is 57.1 Å². The van der Waals surface area contributed by atoms with Gasteiger partial charge < -0.3 is 23.7 Å². The van der Waals surface area contributed by atoms with Crippen molar-refractivity contribution in [2.75, 3.05) is 46.4 Å². The van der Waals surface area contributed by atoms with Gasteiger partial charge in [0.15, 0.2) is 11.5 Å². The third-order valence-electron chi connectivity index (χ3n) is 7.98. The Morgan fingerprint density at radius 2 is 1.78 bits per heavy atom. The molecule has 3 aromatic rings. The smallest absolute Gasteiger partial charge is 0.258 e.